The quantitative estimate of drug-likeness (QED) is 0.444. The first kappa shape index (κ1) is 14.8. The highest BCUT2D eigenvalue weighted by molar-refractivity contribution is 9.10. The molecule has 0 aromatic heterocycles. The highest BCUT2D eigenvalue weighted by Crippen LogP contribution is 2.31. The van der Waals surface area contributed by atoms with Gasteiger partial charge in [-0.2, -0.15) is 0 Å². The number of alkyl halides is 1. The Morgan fingerprint density at radius 3 is 2.55 bits per heavy atom. The fourth-order valence-electron chi connectivity index (χ4n) is 1.78. The number of nitro benzene ring substituents is 1. The summed E-state index contributed by atoms with van der Waals surface area (Å²) in [6, 6.07) is 12.1. The van der Waals surface area contributed by atoms with Gasteiger partial charge in [0.1, 0.15) is 12.4 Å². The largest absolute Gasteiger partial charge is 0.487 e. The van der Waals surface area contributed by atoms with Crippen LogP contribution in [0.5, 0.6) is 5.75 Å². The van der Waals surface area contributed by atoms with Crippen molar-refractivity contribution in [3.8, 4) is 5.75 Å². The second-order valence-corrected chi connectivity index (χ2v) is 5.16. The van der Waals surface area contributed by atoms with Crippen molar-refractivity contribution in [3.63, 3.8) is 0 Å². The maximum Gasteiger partial charge on any atom is 0.276 e. The van der Waals surface area contributed by atoms with Gasteiger partial charge in [-0.1, -0.05) is 24.3 Å². The summed E-state index contributed by atoms with van der Waals surface area (Å²) in [6.45, 7) is 0.115. The number of benzene rings is 2. The van der Waals surface area contributed by atoms with Gasteiger partial charge in [0, 0.05) is 11.6 Å². The molecule has 0 bridgehead atoms. The smallest absolute Gasteiger partial charge is 0.276 e. The normalized spacial score (nSPS) is 10.3. The molecule has 0 fully saturated rings. The Morgan fingerprint density at radius 2 is 1.85 bits per heavy atom. The van der Waals surface area contributed by atoms with Gasteiger partial charge >= 0.3 is 0 Å². The average Bonchev–Trinajstić information content (AvgIpc) is 2.46. The summed E-state index contributed by atoms with van der Waals surface area (Å²) in [5, 5.41) is 10.9. The van der Waals surface area contributed by atoms with Crippen LogP contribution in [0.2, 0.25) is 0 Å². The molecule has 20 heavy (non-hydrogen) atoms. The van der Waals surface area contributed by atoms with Crippen LogP contribution in [0.3, 0.4) is 0 Å². The molecule has 0 aliphatic carbocycles. The molecule has 0 spiro atoms. The molecule has 2 aromatic rings. The van der Waals surface area contributed by atoms with E-state index in [-0.39, 0.29) is 12.3 Å². The van der Waals surface area contributed by atoms with Gasteiger partial charge in [0.25, 0.3) is 5.69 Å². The minimum Gasteiger partial charge on any atom is -0.487 e. The second kappa shape index (κ2) is 6.72. The third-order valence-corrected chi connectivity index (χ3v) is 3.67. The molecule has 0 saturated carbocycles. The van der Waals surface area contributed by atoms with Crippen LogP contribution in [-0.4, -0.2) is 4.92 Å². The summed E-state index contributed by atoms with van der Waals surface area (Å²) >= 11 is 9.25. The van der Waals surface area contributed by atoms with Gasteiger partial charge in [-0.3, -0.25) is 10.1 Å². The number of para-hydroxylation sites is 2. The van der Waals surface area contributed by atoms with E-state index < -0.39 is 4.92 Å². The SMILES string of the molecule is O=[N+]([O-])c1ccccc1COc1c(Br)cccc1CCl. The summed E-state index contributed by atoms with van der Waals surface area (Å²) in [5.41, 5.74) is 1.40. The Balaban J connectivity index is 2.24. The number of hydrogen-bond donors (Lipinski definition) is 0. The van der Waals surface area contributed by atoms with Crippen molar-refractivity contribution in [2.75, 3.05) is 0 Å². The van der Waals surface area contributed by atoms with Crippen LogP contribution in [0.1, 0.15) is 11.1 Å². The summed E-state index contributed by atoms with van der Waals surface area (Å²) in [4.78, 5) is 10.5. The van der Waals surface area contributed by atoms with E-state index in [1.807, 2.05) is 18.2 Å². The van der Waals surface area contributed by atoms with Crippen LogP contribution in [-0.2, 0) is 12.5 Å². The maximum absolute atomic E-state index is 10.9. The zero-order valence-corrected chi connectivity index (χ0v) is 12.7. The van der Waals surface area contributed by atoms with Crippen molar-refractivity contribution in [3.05, 3.63) is 68.2 Å². The number of hydrogen-bond acceptors (Lipinski definition) is 3. The van der Waals surface area contributed by atoms with Crippen LogP contribution in [0.4, 0.5) is 5.69 Å². The molecule has 0 aliphatic heterocycles. The molecule has 4 nitrogen and oxygen atoms in total. The van der Waals surface area contributed by atoms with Gasteiger partial charge in [0.2, 0.25) is 0 Å². The Kier molecular flexibility index (Phi) is 4.98. The summed E-state index contributed by atoms with van der Waals surface area (Å²) in [7, 11) is 0. The van der Waals surface area contributed by atoms with E-state index in [0.29, 0.717) is 17.2 Å². The van der Waals surface area contributed by atoms with Crippen molar-refractivity contribution in [2.24, 2.45) is 0 Å². The van der Waals surface area contributed by atoms with Crippen LogP contribution >= 0.6 is 27.5 Å². The van der Waals surface area contributed by atoms with Crippen LogP contribution in [0.15, 0.2) is 46.9 Å². The predicted molar refractivity (Wildman–Crippen MR) is 81.1 cm³/mol. The summed E-state index contributed by atoms with van der Waals surface area (Å²) < 4.78 is 6.47. The van der Waals surface area contributed by atoms with Gasteiger partial charge in [-0.25, -0.2) is 0 Å². The molecular formula is C14H11BrClNO3. The van der Waals surface area contributed by atoms with Crippen molar-refractivity contribution < 1.29 is 9.66 Å². The Morgan fingerprint density at radius 1 is 1.15 bits per heavy atom. The molecule has 0 unspecified atom stereocenters. The van der Waals surface area contributed by atoms with E-state index in [0.717, 1.165) is 10.0 Å². The van der Waals surface area contributed by atoms with Crippen LogP contribution < -0.4 is 4.74 Å². The van der Waals surface area contributed by atoms with Gasteiger partial charge in [0.15, 0.2) is 0 Å². The Bertz CT molecular complexity index is 634. The molecular weight excluding hydrogens is 346 g/mol. The monoisotopic (exact) mass is 355 g/mol. The fourth-order valence-corrected chi connectivity index (χ4v) is 2.51. The minimum atomic E-state index is -0.415. The number of halogens is 2. The van der Waals surface area contributed by atoms with Crippen molar-refractivity contribution >= 4 is 33.2 Å². The number of nitro groups is 1. The molecule has 0 N–H and O–H groups in total. The van der Waals surface area contributed by atoms with Crippen LogP contribution in [0.25, 0.3) is 0 Å². The number of nitrogens with zero attached hydrogens (tertiary/aromatic N) is 1. The Labute approximate surface area is 129 Å². The summed E-state index contributed by atoms with van der Waals surface area (Å²) in [5.74, 6) is 0.923. The fraction of sp³-hybridized carbons (Fsp3) is 0.143. The molecule has 0 atom stereocenters. The molecule has 6 heteroatoms. The molecule has 0 saturated heterocycles. The minimum absolute atomic E-state index is 0.0481. The van der Waals surface area contributed by atoms with E-state index in [1.54, 1.807) is 18.2 Å². The van der Waals surface area contributed by atoms with Gasteiger partial charge in [-0.15, -0.1) is 11.6 Å². The first-order valence-electron chi connectivity index (χ1n) is 5.82. The van der Waals surface area contributed by atoms with E-state index in [4.69, 9.17) is 16.3 Å². The third kappa shape index (κ3) is 3.29. The molecule has 104 valence electrons. The molecule has 0 aliphatic rings. The lowest BCUT2D eigenvalue weighted by Crippen LogP contribution is -2.02. The zero-order valence-electron chi connectivity index (χ0n) is 10.4. The topological polar surface area (TPSA) is 52.4 Å². The summed E-state index contributed by atoms with van der Waals surface area (Å²) in [6.07, 6.45) is 0. The van der Waals surface area contributed by atoms with E-state index in [1.165, 1.54) is 6.07 Å². The van der Waals surface area contributed by atoms with Gasteiger partial charge in [-0.05, 0) is 28.1 Å². The molecule has 0 radical (unpaired) electrons. The van der Waals surface area contributed by atoms with E-state index in [9.17, 15) is 10.1 Å². The highest BCUT2D eigenvalue weighted by Gasteiger charge is 2.14. The number of rotatable bonds is 5. The van der Waals surface area contributed by atoms with Crippen molar-refractivity contribution in [1.29, 1.82) is 0 Å². The zero-order chi connectivity index (χ0) is 14.5. The lowest BCUT2D eigenvalue weighted by atomic mass is 10.2. The average molecular weight is 357 g/mol. The third-order valence-electron chi connectivity index (χ3n) is 2.75. The predicted octanol–water partition coefficient (Wildman–Crippen LogP) is 4.68. The Hall–Kier alpha value is -1.59. The second-order valence-electron chi connectivity index (χ2n) is 4.04. The van der Waals surface area contributed by atoms with E-state index >= 15 is 0 Å². The van der Waals surface area contributed by atoms with Gasteiger partial charge in [0.05, 0.1) is 20.8 Å². The first-order chi connectivity index (χ1) is 9.63. The van der Waals surface area contributed by atoms with Crippen molar-refractivity contribution in [1.82, 2.24) is 0 Å². The highest BCUT2D eigenvalue weighted by atomic mass is 79.9. The number of ether oxygens (including phenoxy) is 1. The molecule has 2 rings (SSSR count). The molecule has 0 heterocycles. The lowest BCUT2D eigenvalue weighted by molar-refractivity contribution is -0.385. The van der Waals surface area contributed by atoms with Gasteiger partial charge < -0.3 is 4.74 Å². The van der Waals surface area contributed by atoms with Crippen LogP contribution in [0, 0.1) is 10.1 Å². The molecule has 0 amide bonds. The standard InChI is InChI=1S/C14H11BrClNO3/c15-12-6-3-5-10(8-16)14(12)20-9-11-4-1-2-7-13(11)17(18)19/h1-7H,8-9H2. The maximum atomic E-state index is 10.9. The first-order valence-corrected chi connectivity index (χ1v) is 7.14. The van der Waals surface area contributed by atoms with E-state index in [2.05, 4.69) is 15.9 Å². The van der Waals surface area contributed by atoms with Crippen molar-refractivity contribution in [2.45, 2.75) is 12.5 Å². The lowest BCUT2D eigenvalue weighted by Gasteiger charge is -2.12. The molecule has 2 aromatic carbocycles.